The van der Waals surface area contributed by atoms with Crippen molar-refractivity contribution < 1.29 is 23.1 Å². The van der Waals surface area contributed by atoms with Gasteiger partial charge in [0.25, 0.3) is 0 Å². The molecule has 0 bridgehead atoms. The molecule has 0 saturated heterocycles. The fraction of sp³-hybridized carbons (Fsp3) is 0.111. The predicted molar refractivity (Wildman–Crippen MR) is 89.0 cm³/mol. The van der Waals surface area contributed by atoms with Gasteiger partial charge in [-0.3, -0.25) is 0 Å². The van der Waals surface area contributed by atoms with Gasteiger partial charge in [-0.05, 0) is 42.5 Å². The number of hydrogen-bond donors (Lipinski definition) is 0. The Morgan fingerprint density at radius 1 is 1.24 bits per heavy atom. The Morgan fingerprint density at radius 2 is 2.00 bits per heavy atom. The molecule has 3 aromatic rings. The Morgan fingerprint density at radius 3 is 2.72 bits per heavy atom. The standard InChI is InChI=1S/C18H13ClFNO4/c1-23-16-7-4-12(19)8-15(16)18(22)25-10-14-9-24-17(21-14)11-2-5-13(20)6-3-11/h2-9H,10H2,1H3. The number of benzene rings is 2. The zero-order valence-electron chi connectivity index (χ0n) is 13.2. The number of carbonyl (C=O) groups excluding carboxylic acids is 1. The van der Waals surface area contributed by atoms with Gasteiger partial charge in [0.2, 0.25) is 5.89 Å². The van der Waals surface area contributed by atoms with Crippen molar-refractivity contribution in [3.8, 4) is 17.2 Å². The molecule has 0 aliphatic rings. The Kier molecular flexibility index (Phi) is 5.00. The second-order valence-corrected chi connectivity index (χ2v) is 5.51. The summed E-state index contributed by atoms with van der Waals surface area (Å²) in [4.78, 5) is 16.4. The lowest BCUT2D eigenvalue weighted by molar-refractivity contribution is 0.0464. The van der Waals surface area contributed by atoms with Crippen LogP contribution in [0, 0.1) is 5.82 Å². The van der Waals surface area contributed by atoms with Gasteiger partial charge >= 0.3 is 5.97 Å². The summed E-state index contributed by atoms with van der Waals surface area (Å²) in [5.74, 6) is -0.265. The molecule has 5 nitrogen and oxygen atoms in total. The first-order valence-corrected chi connectivity index (χ1v) is 7.65. The Bertz CT molecular complexity index is 892. The molecule has 0 N–H and O–H groups in total. The lowest BCUT2D eigenvalue weighted by atomic mass is 10.2. The Labute approximate surface area is 148 Å². The van der Waals surface area contributed by atoms with E-state index in [1.165, 1.54) is 31.6 Å². The fourth-order valence-corrected chi connectivity index (χ4v) is 2.33. The lowest BCUT2D eigenvalue weighted by Crippen LogP contribution is -2.07. The summed E-state index contributed by atoms with van der Waals surface area (Å²) in [5, 5.41) is 0.396. The van der Waals surface area contributed by atoms with Gasteiger partial charge in [0.05, 0.1) is 7.11 Å². The van der Waals surface area contributed by atoms with E-state index in [9.17, 15) is 9.18 Å². The molecule has 0 aliphatic heterocycles. The molecule has 3 rings (SSSR count). The summed E-state index contributed by atoms with van der Waals surface area (Å²) in [6.45, 7) is -0.0841. The lowest BCUT2D eigenvalue weighted by Gasteiger charge is -2.08. The van der Waals surface area contributed by atoms with Gasteiger partial charge in [-0.15, -0.1) is 0 Å². The quantitative estimate of drug-likeness (QED) is 0.626. The van der Waals surface area contributed by atoms with Crippen LogP contribution in [0.2, 0.25) is 5.02 Å². The van der Waals surface area contributed by atoms with Crippen molar-refractivity contribution >= 4 is 17.6 Å². The van der Waals surface area contributed by atoms with E-state index in [0.29, 0.717) is 27.9 Å². The fourth-order valence-electron chi connectivity index (χ4n) is 2.16. The van der Waals surface area contributed by atoms with Crippen LogP contribution in [0.5, 0.6) is 5.75 Å². The van der Waals surface area contributed by atoms with E-state index in [0.717, 1.165) is 0 Å². The van der Waals surface area contributed by atoms with Crippen molar-refractivity contribution in [2.75, 3.05) is 7.11 Å². The first kappa shape index (κ1) is 17.0. The van der Waals surface area contributed by atoms with Crippen LogP contribution >= 0.6 is 11.6 Å². The summed E-state index contributed by atoms with van der Waals surface area (Å²) in [6, 6.07) is 10.4. The summed E-state index contributed by atoms with van der Waals surface area (Å²) < 4.78 is 28.6. The van der Waals surface area contributed by atoms with Crippen molar-refractivity contribution in [3.63, 3.8) is 0 Å². The molecule has 0 radical (unpaired) electrons. The highest BCUT2D eigenvalue weighted by molar-refractivity contribution is 6.31. The van der Waals surface area contributed by atoms with Crippen LogP contribution < -0.4 is 4.74 Å². The number of methoxy groups -OCH3 is 1. The van der Waals surface area contributed by atoms with E-state index in [1.807, 2.05) is 0 Å². The van der Waals surface area contributed by atoms with Crippen molar-refractivity contribution in [2.24, 2.45) is 0 Å². The van der Waals surface area contributed by atoms with Crippen LogP contribution in [-0.2, 0) is 11.3 Å². The van der Waals surface area contributed by atoms with Gasteiger partial charge in [0.15, 0.2) is 0 Å². The number of ether oxygens (including phenoxy) is 2. The summed E-state index contributed by atoms with van der Waals surface area (Å²) in [5.41, 5.74) is 1.27. The van der Waals surface area contributed by atoms with E-state index >= 15 is 0 Å². The first-order valence-electron chi connectivity index (χ1n) is 7.28. The molecule has 0 spiro atoms. The topological polar surface area (TPSA) is 61.6 Å². The average molecular weight is 362 g/mol. The number of rotatable bonds is 5. The van der Waals surface area contributed by atoms with Crippen molar-refractivity contribution in [2.45, 2.75) is 6.61 Å². The number of oxazole rings is 1. The SMILES string of the molecule is COc1ccc(Cl)cc1C(=O)OCc1coc(-c2ccc(F)cc2)n1. The summed E-state index contributed by atoms with van der Waals surface area (Å²) >= 11 is 5.90. The molecule has 2 aromatic carbocycles. The largest absolute Gasteiger partial charge is 0.496 e. The van der Waals surface area contributed by atoms with Gasteiger partial charge in [-0.25, -0.2) is 14.2 Å². The molecule has 0 saturated carbocycles. The zero-order chi connectivity index (χ0) is 17.8. The van der Waals surface area contributed by atoms with Gasteiger partial charge in [-0.1, -0.05) is 11.6 Å². The van der Waals surface area contributed by atoms with Crippen molar-refractivity contribution in [1.29, 1.82) is 0 Å². The van der Waals surface area contributed by atoms with Crippen LogP contribution in [0.25, 0.3) is 11.5 Å². The Balaban J connectivity index is 1.69. The third-order valence-corrected chi connectivity index (χ3v) is 3.61. The number of hydrogen-bond acceptors (Lipinski definition) is 5. The molecule has 7 heteroatoms. The molecular weight excluding hydrogens is 349 g/mol. The van der Waals surface area contributed by atoms with Crippen molar-refractivity contribution in [1.82, 2.24) is 4.98 Å². The molecule has 0 fully saturated rings. The van der Waals surface area contributed by atoms with E-state index < -0.39 is 5.97 Å². The third-order valence-electron chi connectivity index (χ3n) is 3.38. The van der Waals surface area contributed by atoms with Gasteiger partial charge in [0, 0.05) is 10.6 Å². The molecule has 0 atom stereocenters. The van der Waals surface area contributed by atoms with Gasteiger partial charge < -0.3 is 13.9 Å². The smallest absolute Gasteiger partial charge is 0.342 e. The molecule has 0 aliphatic carbocycles. The maximum Gasteiger partial charge on any atom is 0.342 e. The highest BCUT2D eigenvalue weighted by Crippen LogP contribution is 2.24. The minimum atomic E-state index is -0.592. The Hall–Kier alpha value is -2.86. The maximum absolute atomic E-state index is 12.9. The number of esters is 1. The summed E-state index contributed by atoms with van der Waals surface area (Å²) in [6.07, 6.45) is 1.38. The second kappa shape index (κ2) is 7.36. The van der Waals surface area contributed by atoms with Crippen molar-refractivity contribution in [3.05, 3.63) is 70.8 Å². The molecule has 25 heavy (non-hydrogen) atoms. The monoisotopic (exact) mass is 361 g/mol. The summed E-state index contributed by atoms with van der Waals surface area (Å²) in [7, 11) is 1.45. The van der Waals surface area contributed by atoms with Crippen LogP contribution in [-0.4, -0.2) is 18.1 Å². The van der Waals surface area contributed by atoms with Crippen LogP contribution in [0.1, 0.15) is 16.1 Å². The van der Waals surface area contributed by atoms with E-state index in [4.69, 9.17) is 25.5 Å². The number of aromatic nitrogens is 1. The normalized spacial score (nSPS) is 10.5. The molecular formula is C18H13ClFNO4. The second-order valence-electron chi connectivity index (χ2n) is 5.07. The maximum atomic E-state index is 12.9. The minimum absolute atomic E-state index is 0.0841. The first-order chi connectivity index (χ1) is 12.1. The van der Waals surface area contributed by atoms with Gasteiger partial charge in [0.1, 0.15) is 35.7 Å². The van der Waals surface area contributed by atoms with Gasteiger partial charge in [-0.2, -0.15) is 0 Å². The molecule has 1 aromatic heterocycles. The van der Waals surface area contributed by atoms with E-state index in [1.54, 1.807) is 24.3 Å². The molecule has 0 unspecified atom stereocenters. The average Bonchev–Trinajstić information content (AvgIpc) is 3.09. The number of nitrogens with zero attached hydrogens (tertiary/aromatic N) is 1. The third kappa shape index (κ3) is 3.97. The highest BCUT2D eigenvalue weighted by Gasteiger charge is 2.16. The van der Waals surface area contributed by atoms with Crippen LogP contribution in [0.15, 0.2) is 53.1 Å². The number of carbonyl (C=O) groups is 1. The molecule has 1 heterocycles. The molecule has 128 valence electrons. The number of halogens is 2. The highest BCUT2D eigenvalue weighted by atomic mass is 35.5. The zero-order valence-corrected chi connectivity index (χ0v) is 13.9. The van der Waals surface area contributed by atoms with Crippen LogP contribution in [0.4, 0.5) is 4.39 Å². The predicted octanol–water partition coefficient (Wildman–Crippen LogP) is 4.50. The minimum Gasteiger partial charge on any atom is -0.496 e. The molecule has 0 amide bonds. The van der Waals surface area contributed by atoms with Crippen LogP contribution in [0.3, 0.4) is 0 Å². The van der Waals surface area contributed by atoms with E-state index in [-0.39, 0.29) is 18.0 Å². The van der Waals surface area contributed by atoms with E-state index in [2.05, 4.69) is 4.98 Å².